The molecule has 0 aromatic carbocycles. The summed E-state index contributed by atoms with van der Waals surface area (Å²) in [7, 11) is 0. The van der Waals surface area contributed by atoms with Crippen LogP contribution in [0.25, 0.3) is 0 Å². The monoisotopic (exact) mass is 287 g/mol. The summed E-state index contributed by atoms with van der Waals surface area (Å²) in [5.41, 5.74) is 0.210. The molecular weight excluding hydrogens is 273 g/mol. The van der Waals surface area contributed by atoms with Crippen LogP contribution in [0.1, 0.15) is 27.7 Å². The van der Waals surface area contributed by atoms with Crippen LogP contribution in [0, 0.1) is 16.7 Å². The molecule has 1 amide bonds. The number of hydrogen-bond acceptors (Lipinski definition) is 3. The zero-order valence-electron chi connectivity index (χ0n) is 10.7. The van der Waals surface area contributed by atoms with Gasteiger partial charge in [-0.1, -0.05) is 50.9 Å². The van der Waals surface area contributed by atoms with Gasteiger partial charge >= 0.3 is 0 Å². The van der Waals surface area contributed by atoms with Crippen LogP contribution >= 0.6 is 23.2 Å². The Morgan fingerprint density at radius 2 is 1.61 bits per heavy atom. The first kappa shape index (κ1) is 13.6. The Bertz CT molecular complexity index is 480. The smallest absolute Gasteiger partial charge is 0.228 e. The second-order valence-corrected chi connectivity index (χ2v) is 6.41. The molecule has 0 radical (unpaired) electrons. The van der Waals surface area contributed by atoms with Crippen molar-refractivity contribution in [2.24, 2.45) is 16.7 Å². The van der Waals surface area contributed by atoms with Gasteiger partial charge in [-0.2, -0.15) is 0 Å². The average Bonchev–Trinajstić information content (AvgIpc) is 2.63. The van der Waals surface area contributed by atoms with Gasteiger partial charge in [0.1, 0.15) is 12.0 Å². The maximum absolute atomic E-state index is 12.2. The van der Waals surface area contributed by atoms with Crippen molar-refractivity contribution in [3.63, 3.8) is 0 Å². The van der Waals surface area contributed by atoms with E-state index in [0.29, 0.717) is 0 Å². The Kier molecular flexibility index (Phi) is 3.06. The van der Waals surface area contributed by atoms with E-state index in [1.807, 2.05) is 0 Å². The molecule has 1 aromatic rings. The largest absolute Gasteiger partial charge is 0.321 e. The van der Waals surface area contributed by atoms with Gasteiger partial charge < -0.3 is 5.32 Å². The molecule has 0 spiro atoms. The van der Waals surface area contributed by atoms with Crippen LogP contribution in [-0.2, 0) is 4.79 Å². The van der Waals surface area contributed by atoms with E-state index in [2.05, 4.69) is 43.0 Å². The van der Waals surface area contributed by atoms with Gasteiger partial charge in [0.25, 0.3) is 0 Å². The molecule has 6 heteroatoms. The Morgan fingerprint density at radius 1 is 1.17 bits per heavy atom. The molecule has 0 aliphatic heterocycles. The molecule has 0 saturated heterocycles. The lowest BCUT2D eigenvalue weighted by molar-refractivity contribution is -0.118. The van der Waals surface area contributed by atoms with Crippen molar-refractivity contribution in [1.29, 1.82) is 0 Å². The minimum Gasteiger partial charge on any atom is -0.321 e. The highest BCUT2D eigenvalue weighted by molar-refractivity contribution is 6.38. The molecule has 98 valence electrons. The van der Waals surface area contributed by atoms with Gasteiger partial charge in [0.15, 0.2) is 10.3 Å². The molecule has 1 fully saturated rings. The number of nitrogens with one attached hydrogen (secondary N) is 1. The SMILES string of the molecule is CC1(C)C(C(=O)Nc2c(Cl)ncnc2Cl)C1(C)C. The van der Waals surface area contributed by atoms with Crippen LogP contribution in [0.3, 0.4) is 0 Å². The van der Waals surface area contributed by atoms with Crippen molar-refractivity contribution in [2.45, 2.75) is 27.7 Å². The highest BCUT2D eigenvalue weighted by atomic mass is 35.5. The van der Waals surface area contributed by atoms with Crippen molar-refractivity contribution in [1.82, 2.24) is 9.97 Å². The number of aromatic nitrogens is 2. The van der Waals surface area contributed by atoms with E-state index in [1.165, 1.54) is 6.33 Å². The summed E-state index contributed by atoms with van der Waals surface area (Å²) in [5.74, 6) is -0.166. The van der Waals surface area contributed by atoms with E-state index >= 15 is 0 Å². The van der Waals surface area contributed by atoms with Crippen LogP contribution in [0.2, 0.25) is 10.3 Å². The number of anilines is 1. The lowest BCUT2D eigenvalue weighted by Crippen LogP contribution is -2.18. The first-order chi connectivity index (χ1) is 8.19. The fourth-order valence-corrected chi connectivity index (χ4v) is 2.90. The summed E-state index contributed by atoms with van der Waals surface area (Å²) in [6.07, 6.45) is 1.26. The normalized spacial score (nSPS) is 20.6. The molecule has 0 unspecified atom stereocenters. The number of carbonyl (C=O) groups excluding carboxylic acids is 1. The van der Waals surface area contributed by atoms with E-state index in [-0.39, 0.29) is 38.6 Å². The molecule has 18 heavy (non-hydrogen) atoms. The number of halogens is 2. The zero-order chi connectivity index (χ0) is 13.7. The Hall–Kier alpha value is -0.870. The third-order valence-electron chi connectivity index (χ3n) is 4.29. The summed E-state index contributed by atoms with van der Waals surface area (Å²) < 4.78 is 0. The third-order valence-corrected chi connectivity index (χ3v) is 4.86. The third kappa shape index (κ3) is 1.88. The average molecular weight is 288 g/mol. The van der Waals surface area contributed by atoms with E-state index < -0.39 is 0 Å². The van der Waals surface area contributed by atoms with Gasteiger partial charge in [0.05, 0.1) is 0 Å². The number of nitrogens with zero attached hydrogens (tertiary/aromatic N) is 2. The summed E-state index contributed by atoms with van der Waals surface area (Å²) in [6, 6.07) is 0. The first-order valence-corrected chi connectivity index (χ1v) is 6.42. The minimum atomic E-state index is -0.0939. The molecule has 1 heterocycles. The van der Waals surface area contributed by atoms with Gasteiger partial charge in [0.2, 0.25) is 5.91 Å². The lowest BCUT2D eigenvalue weighted by Gasteiger charge is -2.08. The van der Waals surface area contributed by atoms with Crippen molar-refractivity contribution in [2.75, 3.05) is 5.32 Å². The Labute approximate surface area is 116 Å². The van der Waals surface area contributed by atoms with Crippen LogP contribution in [0.15, 0.2) is 6.33 Å². The van der Waals surface area contributed by atoms with Gasteiger partial charge in [-0.3, -0.25) is 4.79 Å². The Balaban J connectivity index is 2.20. The summed E-state index contributed by atoms with van der Waals surface area (Å²) in [5, 5.41) is 3.03. The maximum Gasteiger partial charge on any atom is 0.228 e. The summed E-state index contributed by atoms with van der Waals surface area (Å²) in [4.78, 5) is 19.8. The standard InChI is InChI=1S/C12H15Cl2N3O/c1-11(2)7(12(11,3)4)10(18)17-6-8(13)15-5-16-9(6)14/h5,7H,1-4H3,(H,17,18). The highest BCUT2D eigenvalue weighted by Crippen LogP contribution is 2.68. The molecule has 1 aliphatic carbocycles. The second kappa shape index (κ2) is 4.07. The number of rotatable bonds is 2. The molecule has 4 nitrogen and oxygen atoms in total. The Morgan fingerprint density at radius 3 is 2.00 bits per heavy atom. The van der Waals surface area contributed by atoms with Gasteiger partial charge in [0, 0.05) is 5.92 Å². The van der Waals surface area contributed by atoms with Crippen molar-refractivity contribution in [3.8, 4) is 0 Å². The molecule has 1 aliphatic rings. The van der Waals surface area contributed by atoms with Crippen LogP contribution in [0.4, 0.5) is 5.69 Å². The maximum atomic E-state index is 12.2. The van der Waals surface area contributed by atoms with Gasteiger partial charge in [-0.05, 0) is 10.8 Å². The summed E-state index contributed by atoms with van der Waals surface area (Å²) >= 11 is 11.8. The molecule has 1 aromatic heterocycles. The van der Waals surface area contributed by atoms with E-state index in [1.54, 1.807) is 0 Å². The number of carbonyl (C=O) groups is 1. The fraction of sp³-hybridized carbons (Fsp3) is 0.583. The molecule has 0 bridgehead atoms. The molecule has 0 atom stereocenters. The van der Waals surface area contributed by atoms with Gasteiger partial charge in [-0.15, -0.1) is 0 Å². The second-order valence-electron chi connectivity index (χ2n) is 5.70. The van der Waals surface area contributed by atoms with Crippen molar-refractivity contribution < 1.29 is 4.79 Å². The quantitative estimate of drug-likeness (QED) is 0.848. The molecule has 2 rings (SSSR count). The molecule has 1 saturated carbocycles. The van der Waals surface area contributed by atoms with Crippen molar-refractivity contribution in [3.05, 3.63) is 16.6 Å². The highest BCUT2D eigenvalue weighted by Gasteiger charge is 2.68. The fourth-order valence-electron chi connectivity index (χ4n) is 2.49. The van der Waals surface area contributed by atoms with E-state index in [4.69, 9.17) is 23.2 Å². The van der Waals surface area contributed by atoms with Crippen LogP contribution < -0.4 is 5.32 Å². The topological polar surface area (TPSA) is 54.9 Å². The molecular formula is C12H15Cl2N3O. The van der Waals surface area contributed by atoms with E-state index in [0.717, 1.165) is 0 Å². The van der Waals surface area contributed by atoms with Crippen LogP contribution in [-0.4, -0.2) is 15.9 Å². The predicted molar refractivity (Wildman–Crippen MR) is 71.7 cm³/mol. The predicted octanol–water partition coefficient (Wildman–Crippen LogP) is 3.40. The minimum absolute atomic E-state index is 0.0360. The number of amides is 1. The zero-order valence-corrected chi connectivity index (χ0v) is 12.2. The van der Waals surface area contributed by atoms with Crippen molar-refractivity contribution >= 4 is 34.8 Å². The lowest BCUT2D eigenvalue weighted by atomic mass is 10.0. The van der Waals surface area contributed by atoms with Crippen LogP contribution in [0.5, 0.6) is 0 Å². The van der Waals surface area contributed by atoms with E-state index in [9.17, 15) is 4.79 Å². The first-order valence-electron chi connectivity index (χ1n) is 5.66. The number of hydrogen-bond donors (Lipinski definition) is 1. The summed E-state index contributed by atoms with van der Waals surface area (Å²) in [6.45, 7) is 8.29. The molecule has 1 N–H and O–H groups in total. The van der Waals surface area contributed by atoms with Gasteiger partial charge in [-0.25, -0.2) is 9.97 Å².